The Kier molecular flexibility index (Phi) is 14.2. The molecule has 1 spiro atoms. The minimum Gasteiger partial charge on any atom is -0.507 e. The summed E-state index contributed by atoms with van der Waals surface area (Å²) in [5.74, 6) is -6.16. The van der Waals surface area contributed by atoms with E-state index in [4.69, 9.17) is 19.2 Å². The molecule has 1 fully saturated rings. The highest BCUT2D eigenvalue weighted by atomic mass is 31.0. The number of aliphatic hydroxyl groups is 1. The summed E-state index contributed by atoms with van der Waals surface area (Å²) in [6.45, 7) is 17.9. The Labute approximate surface area is 371 Å². The number of likely N-dealkylation sites (tertiary alicyclic amines) is 1. The minimum absolute atomic E-state index is 0.00323. The van der Waals surface area contributed by atoms with Crippen LogP contribution in [0, 0.1) is 42.4 Å². The molecule has 10 atom stereocenters. The van der Waals surface area contributed by atoms with E-state index in [1.165, 1.54) is 20.3 Å². The third-order valence-corrected chi connectivity index (χ3v) is 14.1. The summed E-state index contributed by atoms with van der Waals surface area (Å²) in [7, 11) is 5.70. The van der Waals surface area contributed by atoms with Gasteiger partial charge in [0.2, 0.25) is 5.91 Å². The van der Waals surface area contributed by atoms with E-state index in [1.54, 1.807) is 32.1 Å². The van der Waals surface area contributed by atoms with E-state index in [1.807, 2.05) is 40.8 Å². The number of carbonyl (C=O) groups is 4. The fourth-order valence-corrected chi connectivity index (χ4v) is 9.34. The molecule has 0 aliphatic carbocycles. The molecular weight excluding hydrogens is 824 g/mol. The van der Waals surface area contributed by atoms with Crippen molar-refractivity contribution in [3.63, 3.8) is 0 Å². The first kappa shape index (κ1) is 47.7. The lowest BCUT2D eigenvalue weighted by molar-refractivity contribution is -0.158. The monoisotopic (exact) mass is 886 g/mol. The zero-order valence-electron chi connectivity index (χ0n) is 37.9. The number of carbonyl (C=O) groups excluding carboxylic acids is 4. The van der Waals surface area contributed by atoms with Crippen LogP contribution in [0.15, 0.2) is 46.1 Å². The standard InChI is InChI=1S/C46H62BN5O10P/c1-22-16-21-60-45(9)43(58)34-32-33(39(56)29(8)42(34)62-45)40(57)37(36-35(32)49-46(50-36)17-19-52(10)20-18-46)48-44(59)24(3)13-11-12-23(2)41(61-31(54)15-14-30(53)51-47-63)28(7)38(55)27(6)26(5)25(22)4/h11-13,16,21-23,25-28,38,41,49,55-57H,14-15,17-20,63H2,1-10H3,(H,51,53)/b12-11+,21-16+,24-13-,48-37?/t22-,23-,25+,26+,27-,28-,38-,41-,45-/m0/s1. The lowest BCUT2D eigenvalue weighted by atomic mass is 9.72. The number of benzene rings is 2. The number of aliphatic hydroxyl groups excluding tert-OH is 1. The fraction of sp³-hybridized carbons (Fsp3) is 0.565. The average molecular weight is 887 g/mol. The number of anilines is 1. The van der Waals surface area contributed by atoms with Crippen LogP contribution >= 0.6 is 9.12 Å². The maximum Gasteiger partial charge on any atom is 0.312 e. The first-order chi connectivity index (χ1) is 29.6. The van der Waals surface area contributed by atoms with Crippen LogP contribution < -0.4 is 26.0 Å². The first-order valence-electron chi connectivity index (χ1n) is 21.8. The molecule has 17 heteroatoms. The molecular formula is C46H62BN5O10P. The van der Waals surface area contributed by atoms with Crippen molar-refractivity contribution in [2.45, 2.75) is 112 Å². The number of hydrogen-bond acceptors (Lipinski definition) is 13. The number of ketones is 1. The molecule has 2 aromatic rings. The molecule has 0 aromatic heterocycles. The van der Waals surface area contributed by atoms with Gasteiger partial charge in [0.25, 0.3) is 18.8 Å². The number of ether oxygens (including phenoxy) is 3. The average Bonchev–Trinajstić information content (AvgIpc) is 3.75. The van der Waals surface area contributed by atoms with Gasteiger partial charge in [-0.3, -0.25) is 24.2 Å². The second-order valence-corrected chi connectivity index (χ2v) is 18.6. The van der Waals surface area contributed by atoms with E-state index in [-0.39, 0.29) is 92.1 Å². The van der Waals surface area contributed by atoms with Crippen LogP contribution in [0.25, 0.3) is 10.8 Å². The normalized spacial score (nSPS) is 31.7. The van der Waals surface area contributed by atoms with Gasteiger partial charge in [0, 0.05) is 67.6 Å². The van der Waals surface area contributed by atoms with Crippen LogP contribution in [0.2, 0.25) is 0 Å². The Balaban J connectivity index is 1.50. The van der Waals surface area contributed by atoms with Gasteiger partial charge in [0.15, 0.2) is 5.75 Å². The van der Waals surface area contributed by atoms with Crippen molar-refractivity contribution in [2.24, 2.45) is 45.5 Å². The van der Waals surface area contributed by atoms with Gasteiger partial charge in [-0.1, -0.05) is 59.8 Å². The van der Waals surface area contributed by atoms with Gasteiger partial charge >= 0.3 is 11.8 Å². The third-order valence-electron chi connectivity index (χ3n) is 13.9. The quantitative estimate of drug-likeness (QED) is 0.118. The van der Waals surface area contributed by atoms with Crippen LogP contribution in [-0.2, 0) is 23.9 Å². The molecule has 1 unspecified atom stereocenters. The zero-order valence-corrected chi connectivity index (χ0v) is 39.1. The molecule has 2 aromatic carbocycles. The Morgan fingerprint density at radius 2 is 1.65 bits per heavy atom. The van der Waals surface area contributed by atoms with Crippen LogP contribution in [-0.4, -0.2) is 94.7 Å². The van der Waals surface area contributed by atoms with Crippen molar-refractivity contribution in [1.29, 1.82) is 0 Å². The summed E-state index contributed by atoms with van der Waals surface area (Å²) in [5.41, 5.74) is 0.0114. The van der Waals surface area contributed by atoms with Crippen LogP contribution in [0.4, 0.5) is 5.69 Å². The smallest absolute Gasteiger partial charge is 0.312 e. The third kappa shape index (κ3) is 9.26. The highest BCUT2D eigenvalue weighted by molar-refractivity contribution is 7.55. The number of piperidine rings is 1. The molecule has 5 N–H and O–H groups in total. The molecule has 5 heterocycles. The molecule has 7 rings (SSSR count). The molecule has 0 saturated carbocycles. The fourth-order valence-electron chi connectivity index (χ4n) is 9.15. The number of phenolic OH excluding ortho intramolecular Hbond substituents is 2. The van der Waals surface area contributed by atoms with Gasteiger partial charge in [-0.2, -0.15) is 9.12 Å². The Morgan fingerprint density at radius 1 is 0.968 bits per heavy atom. The number of nitrogens with one attached hydrogen (secondary N) is 2. The first-order valence-corrected chi connectivity index (χ1v) is 22.5. The van der Waals surface area contributed by atoms with Gasteiger partial charge in [-0.15, -0.1) is 0 Å². The van der Waals surface area contributed by atoms with Crippen LogP contribution in [0.5, 0.6) is 17.2 Å². The van der Waals surface area contributed by atoms with Gasteiger partial charge in [0.1, 0.15) is 34.0 Å². The number of allylic oxidation sites excluding steroid dienone is 3. The maximum absolute atomic E-state index is 14.6. The van der Waals surface area contributed by atoms with E-state index in [0.717, 1.165) is 0 Å². The van der Waals surface area contributed by atoms with Crippen LogP contribution in [0.3, 0.4) is 0 Å². The number of aromatic hydroxyl groups is 2. The highest BCUT2D eigenvalue weighted by Gasteiger charge is 2.50. The van der Waals surface area contributed by atoms with Crippen molar-refractivity contribution in [3.8, 4) is 17.2 Å². The number of nitrogens with zero attached hydrogens (tertiary/aromatic N) is 3. The molecule has 5 aliphatic heterocycles. The zero-order chi connectivity index (χ0) is 46.3. The predicted molar refractivity (Wildman–Crippen MR) is 243 cm³/mol. The number of Topliss-reactive ketones (excluding diaryl/α,β-unsaturated/α-hetero) is 1. The minimum atomic E-state index is -1.84. The van der Waals surface area contributed by atoms with E-state index in [9.17, 15) is 34.5 Å². The van der Waals surface area contributed by atoms with Gasteiger partial charge in [-0.05, 0) is 50.6 Å². The van der Waals surface area contributed by atoms with E-state index in [0.29, 0.717) is 31.6 Å². The van der Waals surface area contributed by atoms with Crippen molar-refractivity contribution >= 4 is 56.3 Å². The van der Waals surface area contributed by atoms with E-state index >= 15 is 0 Å². The number of hydrogen-bond donors (Lipinski definition) is 5. The number of phenols is 2. The summed E-state index contributed by atoms with van der Waals surface area (Å²) in [4.78, 5) is 65.6. The summed E-state index contributed by atoms with van der Waals surface area (Å²) >= 11 is 0. The molecule has 2 amide bonds. The topological polar surface area (TPSA) is 209 Å². The maximum atomic E-state index is 14.6. The summed E-state index contributed by atoms with van der Waals surface area (Å²) in [6.07, 6.45) is 7.48. The lowest BCUT2D eigenvalue weighted by Gasteiger charge is -2.38. The van der Waals surface area contributed by atoms with Gasteiger partial charge < -0.3 is 45.0 Å². The number of amides is 2. The Hall–Kier alpha value is -4.79. The SMILES string of the molecule is C/C1=C/C=C/[C@H](C)[C@H](OC(=O)CCC(=O)N[B]P)[C@@H](C)[C@@H](O)[C@@H](C)[C@H](C)[C@H](C)[C@@H](C)/C=C/O[C@@]2(C)Oc3c(C)c(O)c4c(O)c(c5c(c4c3C2=O)NC2(CCN(C)CC2)N=5)=NC1=O. The van der Waals surface area contributed by atoms with E-state index < -0.39 is 58.9 Å². The number of rotatable bonds is 5. The van der Waals surface area contributed by atoms with Gasteiger partial charge in [-0.25, -0.2) is 4.99 Å². The van der Waals surface area contributed by atoms with Gasteiger partial charge in [0.05, 0.1) is 35.4 Å². The molecule has 339 valence electrons. The lowest BCUT2D eigenvalue weighted by Crippen LogP contribution is -2.45. The molecule has 1 radical (unpaired) electrons. The Bertz CT molecular complexity index is 2400. The summed E-state index contributed by atoms with van der Waals surface area (Å²) < 4.78 is 18.5. The molecule has 15 nitrogen and oxygen atoms in total. The Morgan fingerprint density at radius 3 is 2.32 bits per heavy atom. The molecule has 5 aliphatic rings. The highest BCUT2D eigenvalue weighted by Crippen LogP contribution is 2.51. The predicted octanol–water partition coefficient (Wildman–Crippen LogP) is 4.91. The van der Waals surface area contributed by atoms with Crippen molar-refractivity contribution in [2.75, 3.05) is 25.5 Å². The van der Waals surface area contributed by atoms with E-state index in [2.05, 4.69) is 43.4 Å². The van der Waals surface area contributed by atoms with Crippen molar-refractivity contribution < 1.29 is 48.7 Å². The van der Waals surface area contributed by atoms with Crippen molar-refractivity contribution in [1.82, 2.24) is 10.1 Å². The molecule has 1 saturated heterocycles. The number of fused-ring (bicyclic) bond motifs is 13. The second kappa shape index (κ2) is 18.7. The van der Waals surface area contributed by atoms with Crippen molar-refractivity contribution in [3.05, 3.63) is 58.0 Å². The number of esters is 1. The van der Waals surface area contributed by atoms with Crippen LogP contribution in [0.1, 0.15) is 97.0 Å². The molecule has 63 heavy (non-hydrogen) atoms. The largest absolute Gasteiger partial charge is 0.507 e. The summed E-state index contributed by atoms with van der Waals surface area (Å²) in [5, 5.41) is 42.0. The summed E-state index contributed by atoms with van der Waals surface area (Å²) in [6, 6.07) is 0. The molecule has 5 bridgehead atoms. The second-order valence-electron chi connectivity index (χ2n) is 18.2.